The molecule has 0 heterocycles. The first-order valence-corrected chi connectivity index (χ1v) is 8.07. The van der Waals surface area contributed by atoms with Gasteiger partial charge in [-0.25, -0.2) is 0 Å². The molecule has 4 rings (SSSR count). The van der Waals surface area contributed by atoms with E-state index in [1.165, 1.54) is 12.1 Å². The maximum Gasteiger partial charge on any atom is 0.0990 e. The smallest absolute Gasteiger partial charge is 0.0990 e. The van der Waals surface area contributed by atoms with Crippen molar-refractivity contribution in [2.75, 3.05) is 5.43 Å². The van der Waals surface area contributed by atoms with E-state index < -0.39 is 5.97 Å². The van der Waals surface area contributed by atoms with Crippen molar-refractivity contribution in [3.05, 3.63) is 88.4 Å². The van der Waals surface area contributed by atoms with E-state index in [0.717, 1.165) is 28.0 Å². The molecule has 0 radical (unpaired) electrons. The summed E-state index contributed by atoms with van der Waals surface area (Å²) in [5, 5.41) is 15.8. The van der Waals surface area contributed by atoms with Crippen molar-refractivity contribution in [3.63, 3.8) is 0 Å². The number of fused-ring (bicyclic) bond motifs is 3. The van der Waals surface area contributed by atoms with E-state index in [4.69, 9.17) is 11.6 Å². The number of hydrogen-bond donors (Lipinski definition) is 1. The Morgan fingerprint density at radius 1 is 0.880 bits per heavy atom. The van der Waals surface area contributed by atoms with Crippen molar-refractivity contribution < 1.29 is 9.90 Å². The molecule has 0 unspecified atom stereocenters. The topological polar surface area (TPSA) is 64.5 Å². The summed E-state index contributed by atoms with van der Waals surface area (Å²) < 4.78 is 0. The molecule has 0 amide bonds. The van der Waals surface area contributed by atoms with Crippen molar-refractivity contribution in [2.24, 2.45) is 5.10 Å². The number of carbonyl (C=O) groups excluding carboxylic acids is 1. The van der Waals surface area contributed by atoms with E-state index >= 15 is 0 Å². The Balaban J connectivity index is 1.75. The zero-order chi connectivity index (χ0) is 17.4. The second-order valence-electron chi connectivity index (χ2n) is 5.65. The summed E-state index contributed by atoms with van der Waals surface area (Å²) in [5.74, 6) is -1.32. The van der Waals surface area contributed by atoms with Crippen LogP contribution in [0.1, 0.15) is 21.5 Å². The van der Waals surface area contributed by atoms with Gasteiger partial charge in [-0.2, -0.15) is 5.10 Å². The molecule has 0 bridgehead atoms. The van der Waals surface area contributed by atoms with E-state index in [2.05, 4.69) is 22.7 Å². The van der Waals surface area contributed by atoms with Crippen molar-refractivity contribution in [1.82, 2.24) is 0 Å². The average molecular weight is 348 g/mol. The molecule has 3 aromatic rings. The molecule has 1 aliphatic carbocycles. The number of nitrogens with one attached hydrogen (secondary N) is 1. The molecule has 25 heavy (non-hydrogen) atoms. The summed E-state index contributed by atoms with van der Waals surface area (Å²) in [6.45, 7) is 0. The molecule has 4 nitrogen and oxygen atoms in total. The molecule has 0 aromatic heterocycles. The summed E-state index contributed by atoms with van der Waals surface area (Å²) in [4.78, 5) is 11.1. The van der Waals surface area contributed by atoms with Crippen LogP contribution < -0.4 is 10.5 Å². The highest BCUT2D eigenvalue weighted by Gasteiger charge is 2.23. The van der Waals surface area contributed by atoms with Crippen molar-refractivity contribution >= 4 is 29.0 Å². The van der Waals surface area contributed by atoms with Crippen molar-refractivity contribution in [2.45, 2.75) is 0 Å². The zero-order valence-electron chi connectivity index (χ0n) is 13.0. The number of carbonyl (C=O) groups is 1. The van der Waals surface area contributed by atoms with Gasteiger partial charge < -0.3 is 9.90 Å². The van der Waals surface area contributed by atoms with Gasteiger partial charge in [0, 0.05) is 21.7 Å². The van der Waals surface area contributed by atoms with Crippen LogP contribution in [0.25, 0.3) is 11.1 Å². The predicted octanol–water partition coefficient (Wildman–Crippen LogP) is 3.55. The lowest BCUT2D eigenvalue weighted by Gasteiger charge is -2.09. The monoisotopic (exact) mass is 347 g/mol. The third-order valence-corrected chi connectivity index (χ3v) is 4.47. The number of halogens is 1. The predicted molar refractivity (Wildman–Crippen MR) is 96.9 cm³/mol. The lowest BCUT2D eigenvalue weighted by Crippen LogP contribution is -2.22. The van der Waals surface area contributed by atoms with E-state index in [-0.39, 0.29) is 10.6 Å². The number of aromatic carboxylic acids is 1. The lowest BCUT2D eigenvalue weighted by atomic mass is 10.1. The second kappa shape index (κ2) is 6.07. The molecule has 122 valence electrons. The van der Waals surface area contributed by atoms with Crippen LogP contribution in [0.5, 0.6) is 0 Å². The number of hydrazone groups is 1. The van der Waals surface area contributed by atoms with Crippen LogP contribution in [0.2, 0.25) is 5.02 Å². The number of carboxylic acids is 1. The summed E-state index contributed by atoms with van der Waals surface area (Å²) in [7, 11) is 0. The first-order chi connectivity index (χ1) is 12.1. The standard InChI is InChI=1S/C20H13ClN2O2/c21-18-10-9-12(11-17(18)20(24)25)22-23-19-15-7-3-1-5-13(15)14-6-2-4-8-16(14)19/h1-11,22H,(H,24,25)/p-1. The second-order valence-corrected chi connectivity index (χ2v) is 6.05. The molecular formula is C20H12ClN2O2-. The molecule has 0 saturated heterocycles. The van der Waals surface area contributed by atoms with Gasteiger partial charge in [0.25, 0.3) is 0 Å². The van der Waals surface area contributed by atoms with Gasteiger partial charge in [-0.1, -0.05) is 60.1 Å². The minimum atomic E-state index is -1.32. The van der Waals surface area contributed by atoms with Crippen molar-refractivity contribution in [3.8, 4) is 11.1 Å². The fourth-order valence-electron chi connectivity index (χ4n) is 2.99. The highest BCUT2D eigenvalue weighted by atomic mass is 35.5. The SMILES string of the molecule is O=C([O-])c1cc(NN=C2c3ccccc3-c3ccccc32)ccc1Cl. The summed E-state index contributed by atoms with van der Waals surface area (Å²) in [6, 6.07) is 20.7. The maximum absolute atomic E-state index is 11.1. The normalized spacial score (nSPS) is 11.6. The van der Waals surface area contributed by atoms with Gasteiger partial charge >= 0.3 is 0 Å². The fraction of sp³-hybridized carbons (Fsp3) is 0. The van der Waals surface area contributed by atoms with E-state index in [1.807, 2.05) is 36.4 Å². The number of hydrogen-bond acceptors (Lipinski definition) is 4. The highest BCUT2D eigenvalue weighted by Crippen LogP contribution is 2.36. The molecule has 0 fully saturated rings. The molecule has 0 atom stereocenters. The Labute approximate surface area is 149 Å². The van der Waals surface area contributed by atoms with Crippen LogP contribution in [-0.2, 0) is 0 Å². The zero-order valence-corrected chi connectivity index (χ0v) is 13.7. The molecular weight excluding hydrogens is 336 g/mol. The van der Waals surface area contributed by atoms with Crippen LogP contribution in [0.3, 0.4) is 0 Å². The molecule has 0 spiro atoms. The highest BCUT2D eigenvalue weighted by molar-refractivity contribution is 6.33. The lowest BCUT2D eigenvalue weighted by molar-refractivity contribution is -0.255. The number of carboxylic acid groups (broad SMARTS) is 1. The molecule has 5 heteroatoms. The molecule has 1 aliphatic rings. The Kier molecular flexibility index (Phi) is 3.75. The third-order valence-electron chi connectivity index (χ3n) is 4.14. The minimum Gasteiger partial charge on any atom is -0.545 e. The quantitative estimate of drug-likeness (QED) is 0.576. The van der Waals surface area contributed by atoms with Crippen LogP contribution >= 0.6 is 11.6 Å². The van der Waals surface area contributed by atoms with Gasteiger partial charge in [-0.05, 0) is 29.3 Å². The van der Waals surface area contributed by atoms with E-state index in [9.17, 15) is 9.90 Å². The number of anilines is 1. The van der Waals surface area contributed by atoms with Crippen LogP contribution in [0, 0.1) is 0 Å². The first-order valence-electron chi connectivity index (χ1n) is 7.69. The molecule has 3 aromatic carbocycles. The van der Waals surface area contributed by atoms with Crippen LogP contribution in [-0.4, -0.2) is 11.7 Å². The Morgan fingerprint density at radius 2 is 1.44 bits per heavy atom. The first kappa shape index (κ1) is 15.4. The fourth-order valence-corrected chi connectivity index (χ4v) is 3.18. The Bertz CT molecular complexity index is 980. The van der Waals surface area contributed by atoms with Crippen LogP contribution in [0.15, 0.2) is 71.8 Å². The number of rotatable bonds is 3. The summed E-state index contributed by atoms with van der Waals surface area (Å²) in [5.41, 5.74) is 8.53. The molecule has 0 saturated carbocycles. The summed E-state index contributed by atoms with van der Waals surface area (Å²) >= 11 is 5.87. The van der Waals surface area contributed by atoms with Gasteiger partial charge in [0.15, 0.2) is 0 Å². The summed E-state index contributed by atoms with van der Waals surface area (Å²) in [6.07, 6.45) is 0. The third kappa shape index (κ3) is 2.66. The largest absolute Gasteiger partial charge is 0.545 e. The van der Waals surface area contributed by atoms with Crippen LogP contribution in [0.4, 0.5) is 5.69 Å². The van der Waals surface area contributed by atoms with Gasteiger partial charge in [0.05, 0.1) is 17.4 Å². The minimum absolute atomic E-state index is 0.0703. The molecule has 1 N–H and O–H groups in total. The van der Waals surface area contributed by atoms with Crippen molar-refractivity contribution in [1.29, 1.82) is 0 Å². The maximum atomic E-state index is 11.1. The van der Waals surface area contributed by atoms with E-state index in [0.29, 0.717) is 5.69 Å². The van der Waals surface area contributed by atoms with E-state index in [1.54, 1.807) is 6.07 Å². The molecule has 0 aliphatic heterocycles. The number of benzene rings is 3. The Morgan fingerprint density at radius 3 is 2.00 bits per heavy atom. The van der Waals surface area contributed by atoms with Gasteiger partial charge in [0.2, 0.25) is 0 Å². The van der Waals surface area contributed by atoms with Gasteiger partial charge in [0.1, 0.15) is 0 Å². The average Bonchev–Trinajstić information content (AvgIpc) is 2.95. The van der Waals surface area contributed by atoms with Gasteiger partial charge in [-0.15, -0.1) is 0 Å². The Hall–Kier alpha value is -3.11. The number of nitrogens with zero attached hydrogens (tertiary/aromatic N) is 1. The van der Waals surface area contributed by atoms with Gasteiger partial charge in [-0.3, -0.25) is 5.43 Å².